The Morgan fingerprint density at radius 1 is 1.06 bits per heavy atom. The predicted octanol–water partition coefficient (Wildman–Crippen LogP) is 5.12. The summed E-state index contributed by atoms with van der Waals surface area (Å²) in [6.45, 7) is 5.18. The number of nitrogen functional groups attached to an aromatic ring is 1. The van der Waals surface area contributed by atoms with E-state index in [-0.39, 0.29) is 11.7 Å². The highest BCUT2D eigenvalue weighted by Gasteiger charge is 2.12. The molecule has 0 atom stereocenters. The first-order valence-electron chi connectivity index (χ1n) is 10.8. The van der Waals surface area contributed by atoms with E-state index in [2.05, 4.69) is 30.2 Å². The van der Waals surface area contributed by atoms with Crippen LogP contribution in [0.4, 0.5) is 5.82 Å². The summed E-state index contributed by atoms with van der Waals surface area (Å²) in [5, 5.41) is 2.88. The van der Waals surface area contributed by atoms with Gasteiger partial charge >= 0.3 is 0 Å². The van der Waals surface area contributed by atoms with Gasteiger partial charge in [-0.05, 0) is 60.2 Å². The Labute approximate surface area is 189 Å². The molecule has 0 unspecified atom stereocenters. The number of carbonyl (C=O) groups is 1. The summed E-state index contributed by atoms with van der Waals surface area (Å²) in [6.07, 6.45) is 2.11. The zero-order valence-corrected chi connectivity index (χ0v) is 18.9. The Morgan fingerprint density at radius 3 is 2.50 bits per heavy atom. The lowest BCUT2D eigenvalue weighted by Gasteiger charge is -2.13. The molecule has 0 spiro atoms. The molecule has 2 aromatic carbocycles. The summed E-state index contributed by atoms with van der Waals surface area (Å²) in [7, 11) is 1.58. The van der Waals surface area contributed by atoms with Crippen LogP contribution >= 0.6 is 0 Å². The molecule has 0 aliphatic carbocycles. The zero-order chi connectivity index (χ0) is 22.9. The number of anilines is 1. The number of aryl methyl sites for hydroxylation is 1. The fourth-order valence-electron chi connectivity index (χ4n) is 3.27. The first-order chi connectivity index (χ1) is 15.5. The molecular formula is C26H31N3O3. The molecule has 6 nitrogen and oxygen atoms in total. The van der Waals surface area contributed by atoms with Gasteiger partial charge in [0, 0.05) is 13.7 Å². The van der Waals surface area contributed by atoms with Gasteiger partial charge < -0.3 is 20.5 Å². The number of ether oxygens (including phenoxy) is 2. The van der Waals surface area contributed by atoms with Crippen molar-refractivity contribution in [1.29, 1.82) is 0 Å². The van der Waals surface area contributed by atoms with E-state index in [4.69, 9.17) is 15.2 Å². The Balaban J connectivity index is 1.58. The van der Waals surface area contributed by atoms with E-state index >= 15 is 0 Å². The highest BCUT2D eigenvalue weighted by atomic mass is 16.5. The van der Waals surface area contributed by atoms with E-state index in [1.165, 1.54) is 5.56 Å². The minimum atomic E-state index is -0.265. The summed E-state index contributed by atoms with van der Waals surface area (Å²) in [4.78, 5) is 16.7. The van der Waals surface area contributed by atoms with Gasteiger partial charge in [-0.1, -0.05) is 44.2 Å². The molecule has 1 amide bonds. The van der Waals surface area contributed by atoms with Crippen molar-refractivity contribution in [1.82, 2.24) is 10.3 Å². The Bertz CT molecular complexity index is 1030. The number of amides is 1. The first kappa shape index (κ1) is 23.3. The van der Waals surface area contributed by atoms with Crippen LogP contribution in [-0.4, -0.2) is 18.0 Å². The Morgan fingerprint density at radius 2 is 1.81 bits per heavy atom. The van der Waals surface area contributed by atoms with E-state index in [9.17, 15) is 4.79 Å². The molecule has 0 saturated carbocycles. The van der Waals surface area contributed by atoms with Gasteiger partial charge in [0.2, 0.25) is 0 Å². The topological polar surface area (TPSA) is 86.5 Å². The van der Waals surface area contributed by atoms with Crippen molar-refractivity contribution >= 4 is 11.7 Å². The molecule has 3 N–H and O–H groups in total. The number of nitrogens with zero attached hydrogens (tertiary/aromatic N) is 1. The molecule has 0 fully saturated rings. The molecule has 0 aliphatic rings. The lowest BCUT2D eigenvalue weighted by molar-refractivity contribution is 0.0951. The third-order valence-corrected chi connectivity index (χ3v) is 5.09. The van der Waals surface area contributed by atoms with Crippen LogP contribution in [0.1, 0.15) is 47.4 Å². The van der Waals surface area contributed by atoms with Crippen molar-refractivity contribution in [3.63, 3.8) is 0 Å². The van der Waals surface area contributed by atoms with Crippen LogP contribution in [0.3, 0.4) is 0 Å². The summed E-state index contributed by atoms with van der Waals surface area (Å²) < 4.78 is 11.2. The lowest BCUT2D eigenvalue weighted by Crippen LogP contribution is -2.24. The standard InChI is InChI=1S/C26H31N3O3/c1-18(2)8-11-20-6-4-5-7-24(20)32-22-13-9-19(10-14-22)16-28-26(30)23-15-12-21(17-31-3)29-25(23)27/h4-7,9-10,12-15,18H,8,11,16-17H2,1-3H3,(H2,27,29)(H,28,30). The predicted molar refractivity (Wildman–Crippen MR) is 127 cm³/mol. The van der Waals surface area contributed by atoms with Crippen LogP contribution in [0.2, 0.25) is 0 Å². The number of hydrogen-bond donors (Lipinski definition) is 2. The molecule has 1 heterocycles. The van der Waals surface area contributed by atoms with Gasteiger partial charge in [-0.25, -0.2) is 4.98 Å². The van der Waals surface area contributed by atoms with Crippen molar-refractivity contribution in [2.45, 2.75) is 39.8 Å². The number of rotatable bonds is 10. The number of methoxy groups -OCH3 is 1. The van der Waals surface area contributed by atoms with Crippen LogP contribution in [-0.2, 0) is 24.3 Å². The van der Waals surface area contributed by atoms with Gasteiger partial charge in [-0.15, -0.1) is 0 Å². The fourth-order valence-corrected chi connectivity index (χ4v) is 3.27. The maximum absolute atomic E-state index is 12.5. The summed E-state index contributed by atoms with van der Waals surface area (Å²) in [5.41, 5.74) is 9.12. The second-order valence-electron chi connectivity index (χ2n) is 8.14. The number of nitrogens with one attached hydrogen (secondary N) is 1. The van der Waals surface area contributed by atoms with Gasteiger partial charge in [-0.2, -0.15) is 0 Å². The van der Waals surface area contributed by atoms with Gasteiger partial charge in [0.25, 0.3) is 5.91 Å². The van der Waals surface area contributed by atoms with E-state index < -0.39 is 0 Å². The van der Waals surface area contributed by atoms with Crippen LogP contribution in [0, 0.1) is 5.92 Å². The van der Waals surface area contributed by atoms with Crippen LogP contribution < -0.4 is 15.8 Å². The Hall–Kier alpha value is -3.38. The van der Waals surface area contributed by atoms with E-state index in [1.807, 2.05) is 42.5 Å². The molecule has 168 valence electrons. The second kappa shape index (κ2) is 11.3. The molecule has 6 heteroatoms. The smallest absolute Gasteiger partial charge is 0.255 e. The average Bonchev–Trinajstić information content (AvgIpc) is 2.78. The van der Waals surface area contributed by atoms with Gasteiger partial charge in [0.05, 0.1) is 17.9 Å². The van der Waals surface area contributed by atoms with Gasteiger partial charge in [-0.3, -0.25) is 4.79 Å². The first-order valence-corrected chi connectivity index (χ1v) is 10.8. The van der Waals surface area contributed by atoms with Crippen molar-refractivity contribution in [3.8, 4) is 11.5 Å². The number of nitrogens with two attached hydrogens (primary N) is 1. The number of aromatic nitrogens is 1. The number of carbonyl (C=O) groups excluding carboxylic acids is 1. The lowest BCUT2D eigenvalue weighted by atomic mass is 10.0. The number of pyridine rings is 1. The molecule has 0 bridgehead atoms. The monoisotopic (exact) mass is 433 g/mol. The maximum atomic E-state index is 12.5. The van der Waals surface area contributed by atoms with E-state index in [0.29, 0.717) is 30.3 Å². The molecule has 32 heavy (non-hydrogen) atoms. The molecule has 0 radical (unpaired) electrons. The molecule has 1 aromatic heterocycles. The quantitative estimate of drug-likeness (QED) is 0.463. The van der Waals surface area contributed by atoms with Gasteiger partial charge in [0.15, 0.2) is 0 Å². The maximum Gasteiger partial charge on any atom is 0.255 e. The SMILES string of the molecule is COCc1ccc(C(=O)NCc2ccc(Oc3ccccc3CCC(C)C)cc2)c(N)n1. The summed E-state index contributed by atoms with van der Waals surface area (Å²) in [6, 6.07) is 19.3. The summed E-state index contributed by atoms with van der Waals surface area (Å²) >= 11 is 0. The molecule has 0 saturated heterocycles. The molecule has 3 aromatic rings. The minimum absolute atomic E-state index is 0.192. The number of hydrogen-bond acceptors (Lipinski definition) is 5. The highest BCUT2D eigenvalue weighted by Crippen LogP contribution is 2.27. The van der Waals surface area contributed by atoms with Crippen molar-refractivity contribution in [3.05, 3.63) is 83.0 Å². The highest BCUT2D eigenvalue weighted by molar-refractivity contribution is 5.98. The normalized spacial score (nSPS) is 10.9. The van der Waals surface area contributed by atoms with Crippen molar-refractivity contribution in [2.75, 3.05) is 12.8 Å². The van der Waals surface area contributed by atoms with Crippen molar-refractivity contribution in [2.24, 2.45) is 5.92 Å². The number of para-hydroxylation sites is 1. The average molecular weight is 434 g/mol. The largest absolute Gasteiger partial charge is 0.457 e. The van der Waals surface area contributed by atoms with E-state index in [0.717, 1.165) is 29.9 Å². The zero-order valence-electron chi connectivity index (χ0n) is 18.9. The third kappa shape index (κ3) is 6.56. The third-order valence-electron chi connectivity index (χ3n) is 5.09. The second-order valence-corrected chi connectivity index (χ2v) is 8.14. The fraction of sp³-hybridized carbons (Fsp3) is 0.308. The Kier molecular flexibility index (Phi) is 8.22. The van der Waals surface area contributed by atoms with Crippen molar-refractivity contribution < 1.29 is 14.3 Å². The van der Waals surface area contributed by atoms with Crippen LogP contribution in [0.5, 0.6) is 11.5 Å². The minimum Gasteiger partial charge on any atom is -0.457 e. The molecular weight excluding hydrogens is 402 g/mol. The molecule has 3 rings (SSSR count). The molecule has 0 aliphatic heterocycles. The van der Waals surface area contributed by atoms with E-state index in [1.54, 1.807) is 19.2 Å². The van der Waals surface area contributed by atoms with Gasteiger partial charge in [0.1, 0.15) is 17.3 Å². The van der Waals surface area contributed by atoms with Crippen LogP contribution in [0.15, 0.2) is 60.7 Å². The number of benzene rings is 2. The van der Waals surface area contributed by atoms with Crippen LogP contribution in [0.25, 0.3) is 0 Å². The summed E-state index contributed by atoms with van der Waals surface area (Å²) in [5.74, 6) is 2.22.